The van der Waals surface area contributed by atoms with E-state index in [1.54, 1.807) is 0 Å². The van der Waals surface area contributed by atoms with Gasteiger partial charge in [-0.25, -0.2) is 4.98 Å². The lowest BCUT2D eigenvalue weighted by Crippen LogP contribution is -2.41. The van der Waals surface area contributed by atoms with E-state index in [9.17, 15) is 0 Å². The highest BCUT2D eigenvalue weighted by atomic mass is 16.5. The average molecular weight is 223 g/mol. The van der Waals surface area contributed by atoms with Crippen molar-refractivity contribution in [3.8, 4) is 0 Å². The zero-order chi connectivity index (χ0) is 11.4. The SMILES string of the molecule is CC1CCNCC1OCCc1nccn1C. The summed E-state index contributed by atoms with van der Waals surface area (Å²) in [7, 11) is 2.02. The van der Waals surface area contributed by atoms with Gasteiger partial charge < -0.3 is 14.6 Å². The molecule has 0 spiro atoms. The molecule has 1 saturated heterocycles. The Kier molecular flexibility index (Phi) is 3.96. The van der Waals surface area contributed by atoms with Gasteiger partial charge in [0.1, 0.15) is 5.82 Å². The predicted molar refractivity (Wildman–Crippen MR) is 63.3 cm³/mol. The largest absolute Gasteiger partial charge is 0.376 e. The standard InChI is InChI=1S/C12H21N3O/c1-10-3-5-13-9-11(10)16-8-4-12-14-6-7-15(12)2/h6-7,10-11,13H,3-5,8-9H2,1-2H3. The van der Waals surface area contributed by atoms with Gasteiger partial charge >= 0.3 is 0 Å². The van der Waals surface area contributed by atoms with Gasteiger partial charge in [-0.2, -0.15) is 0 Å². The van der Waals surface area contributed by atoms with Crippen molar-refractivity contribution in [2.45, 2.75) is 25.9 Å². The lowest BCUT2D eigenvalue weighted by molar-refractivity contribution is 0.00504. The third kappa shape index (κ3) is 2.83. The maximum atomic E-state index is 5.91. The summed E-state index contributed by atoms with van der Waals surface area (Å²) in [6.07, 6.45) is 6.29. The van der Waals surface area contributed by atoms with Crippen molar-refractivity contribution in [1.29, 1.82) is 0 Å². The van der Waals surface area contributed by atoms with E-state index in [1.165, 1.54) is 6.42 Å². The first-order chi connectivity index (χ1) is 7.77. The van der Waals surface area contributed by atoms with Crippen LogP contribution >= 0.6 is 0 Å². The number of piperidine rings is 1. The predicted octanol–water partition coefficient (Wildman–Crippen LogP) is 0.977. The van der Waals surface area contributed by atoms with Crippen LogP contribution in [-0.2, 0) is 18.2 Å². The van der Waals surface area contributed by atoms with E-state index in [2.05, 4.69) is 17.2 Å². The highest BCUT2D eigenvalue weighted by molar-refractivity contribution is 4.91. The van der Waals surface area contributed by atoms with Gasteiger partial charge in [0.25, 0.3) is 0 Å². The van der Waals surface area contributed by atoms with Crippen LogP contribution < -0.4 is 5.32 Å². The van der Waals surface area contributed by atoms with Gasteiger partial charge in [0.05, 0.1) is 12.7 Å². The minimum Gasteiger partial charge on any atom is -0.376 e. The molecule has 1 fully saturated rings. The topological polar surface area (TPSA) is 39.1 Å². The molecule has 0 radical (unpaired) electrons. The first-order valence-corrected chi connectivity index (χ1v) is 6.06. The Bertz CT molecular complexity index is 324. The Balaban J connectivity index is 1.73. The number of nitrogens with one attached hydrogen (secondary N) is 1. The van der Waals surface area contributed by atoms with Gasteiger partial charge in [-0.15, -0.1) is 0 Å². The molecule has 0 aromatic carbocycles. The van der Waals surface area contributed by atoms with E-state index in [-0.39, 0.29) is 0 Å². The second-order valence-corrected chi connectivity index (χ2v) is 4.58. The van der Waals surface area contributed by atoms with Crippen LogP contribution in [0.15, 0.2) is 12.4 Å². The van der Waals surface area contributed by atoms with E-state index < -0.39 is 0 Å². The third-order valence-electron chi connectivity index (χ3n) is 3.34. The van der Waals surface area contributed by atoms with Crippen molar-refractivity contribution < 1.29 is 4.74 Å². The number of imidazole rings is 1. The highest BCUT2D eigenvalue weighted by Crippen LogP contribution is 2.14. The normalized spacial score (nSPS) is 25.9. The second-order valence-electron chi connectivity index (χ2n) is 4.58. The molecule has 4 nitrogen and oxygen atoms in total. The minimum atomic E-state index is 0.369. The molecule has 2 heterocycles. The van der Waals surface area contributed by atoms with Crippen molar-refractivity contribution in [2.75, 3.05) is 19.7 Å². The van der Waals surface area contributed by atoms with Crippen LogP contribution in [0.2, 0.25) is 0 Å². The number of ether oxygens (including phenoxy) is 1. The Morgan fingerprint density at radius 3 is 3.19 bits per heavy atom. The van der Waals surface area contributed by atoms with Crippen LogP contribution in [0.5, 0.6) is 0 Å². The maximum absolute atomic E-state index is 5.91. The first kappa shape index (κ1) is 11.6. The highest BCUT2D eigenvalue weighted by Gasteiger charge is 2.21. The lowest BCUT2D eigenvalue weighted by Gasteiger charge is -2.29. The number of hydrogen-bond donors (Lipinski definition) is 1. The van der Waals surface area contributed by atoms with Crippen LogP contribution in [0.1, 0.15) is 19.2 Å². The number of nitrogens with zero attached hydrogens (tertiary/aromatic N) is 2. The van der Waals surface area contributed by atoms with Crippen molar-refractivity contribution in [2.24, 2.45) is 13.0 Å². The number of aromatic nitrogens is 2. The molecule has 2 atom stereocenters. The van der Waals surface area contributed by atoms with Gasteiger partial charge in [-0.05, 0) is 18.9 Å². The molecule has 16 heavy (non-hydrogen) atoms. The Labute approximate surface area is 97.0 Å². The molecule has 2 rings (SSSR count). The van der Waals surface area contributed by atoms with E-state index in [0.29, 0.717) is 12.0 Å². The maximum Gasteiger partial charge on any atom is 0.110 e. The number of rotatable bonds is 4. The smallest absolute Gasteiger partial charge is 0.110 e. The average Bonchev–Trinajstić information content (AvgIpc) is 2.67. The minimum absolute atomic E-state index is 0.369. The number of hydrogen-bond acceptors (Lipinski definition) is 3. The molecule has 2 unspecified atom stereocenters. The number of aryl methyl sites for hydroxylation is 1. The fourth-order valence-corrected chi connectivity index (χ4v) is 2.12. The Hall–Kier alpha value is -0.870. The summed E-state index contributed by atoms with van der Waals surface area (Å²) in [5.74, 6) is 1.76. The van der Waals surface area contributed by atoms with Crippen LogP contribution in [0.4, 0.5) is 0 Å². The quantitative estimate of drug-likeness (QED) is 0.827. The molecular weight excluding hydrogens is 202 g/mol. The molecule has 1 aliphatic heterocycles. The summed E-state index contributed by atoms with van der Waals surface area (Å²) < 4.78 is 7.96. The molecule has 0 amide bonds. The van der Waals surface area contributed by atoms with Crippen LogP contribution in [0, 0.1) is 5.92 Å². The summed E-state index contributed by atoms with van der Waals surface area (Å²) in [6.45, 7) is 5.15. The van der Waals surface area contributed by atoms with Crippen LogP contribution in [0.25, 0.3) is 0 Å². The molecule has 0 bridgehead atoms. The molecule has 1 aromatic heterocycles. The summed E-state index contributed by atoms with van der Waals surface area (Å²) >= 11 is 0. The Morgan fingerprint density at radius 1 is 1.62 bits per heavy atom. The molecule has 0 aliphatic carbocycles. The van der Waals surface area contributed by atoms with Crippen LogP contribution in [0.3, 0.4) is 0 Å². The zero-order valence-electron chi connectivity index (χ0n) is 10.1. The van der Waals surface area contributed by atoms with E-state index in [0.717, 1.165) is 31.9 Å². The van der Waals surface area contributed by atoms with Crippen molar-refractivity contribution in [3.63, 3.8) is 0 Å². The molecule has 0 saturated carbocycles. The van der Waals surface area contributed by atoms with Crippen molar-refractivity contribution in [1.82, 2.24) is 14.9 Å². The molecule has 90 valence electrons. The van der Waals surface area contributed by atoms with E-state index in [4.69, 9.17) is 4.74 Å². The van der Waals surface area contributed by atoms with Gasteiger partial charge in [-0.3, -0.25) is 0 Å². The van der Waals surface area contributed by atoms with E-state index >= 15 is 0 Å². The first-order valence-electron chi connectivity index (χ1n) is 6.06. The van der Waals surface area contributed by atoms with Crippen molar-refractivity contribution >= 4 is 0 Å². The monoisotopic (exact) mass is 223 g/mol. The Morgan fingerprint density at radius 2 is 2.50 bits per heavy atom. The zero-order valence-corrected chi connectivity index (χ0v) is 10.1. The van der Waals surface area contributed by atoms with Crippen LogP contribution in [-0.4, -0.2) is 35.4 Å². The van der Waals surface area contributed by atoms with Gasteiger partial charge in [-0.1, -0.05) is 6.92 Å². The summed E-state index contributed by atoms with van der Waals surface area (Å²) in [6, 6.07) is 0. The molecule has 1 aliphatic rings. The third-order valence-corrected chi connectivity index (χ3v) is 3.34. The summed E-state index contributed by atoms with van der Waals surface area (Å²) in [4.78, 5) is 4.28. The lowest BCUT2D eigenvalue weighted by atomic mass is 9.97. The second kappa shape index (κ2) is 5.46. The fraction of sp³-hybridized carbons (Fsp3) is 0.750. The van der Waals surface area contributed by atoms with Gasteiger partial charge in [0, 0.05) is 32.4 Å². The van der Waals surface area contributed by atoms with Gasteiger partial charge in [0.15, 0.2) is 0 Å². The fourth-order valence-electron chi connectivity index (χ4n) is 2.12. The molecule has 4 heteroatoms. The summed E-state index contributed by atoms with van der Waals surface area (Å²) in [5, 5.41) is 3.37. The van der Waals surface area contributed by atoms with Gasteiger partial charge in [0.2, 0.25) is 0 Å². The summed E-state index contributed by atoms with van der Waals surface area (Å²) in [5.41, 5.74) is 0. The molecule has 1 N–H and O–H groups in total. The van der Waals surface area contributed by atoms with Crippen molar-refractivity contribution in [3.05, 3.63) is 18.2 Å². The van der Waals surface area contributed by atoms with E-state index in [1.807, 2.05) is 24.0 Å². The molecular formula is C12H21N3O. The molecule has 1 aromatic rings.